The van der Waals surface area contributed by atoms with Crippen LogP contribution in [0.1, 0.15) is 45.6 Å². The average Bonchev–Trinajstić information content (AvgIpc) is 3.49. The van der Waals surface area contributed by atoms with Crippen molar-refractivity contribution in [2.75, 3.05) is 32.1 Å². The maximum absolute atomic E-state index is 13.2. The largest absolute Gasteiger partial charge is 0.482 e. The van der Waals surface area contributed by atoms with E-state index in [1.807, 2.05) is 30.3 Å². The van der Waals surface area contributed by atoms with E-state index in [0.29, 0.717) is 24.3 Å². The van der Waals surface area contributed by atoms with Crippen LogP contribution in [-0.2, 0) is 44.7 Å². The van der Waals surface area contributed by atoms with Crippen molar-refractivity contribution in [2.24, 2.45) is 0 Å². The molecule has 2 aromatic rings. The SMILES string of the molecule is COC(=O)C(=O)N1CCC[C@H]1C(=O)N[C@H](Cc1ccccc1)C(=O)NCCC(=O)Nc1ccc(OCC(=O)OC(C)(C)C)cc1. The lowest BCUT2D eigenvalue weighted by Crippen LogP contribution is -2.54. The average molecular weight is 625 g/mol. The monoisotopic (exact) mass is 624 g/mol. The summed E-state index contributed by atoms with van der Waals surface area (Å²) in [6, 6.07) is 13.6. The van der Waals surface area contributed by atoms with Crippen LogP contribution in [0.2, 0.25) is 0 Å². The minimum atomic E-state index is -1.06. The normalized spacial score (nSPS) is 14.9. The van der Waals surface area contributed by atoms with Gasteiger partial charge in [0.1, 0.15) is 23.4 Å². The van der Waals surface area contributed by atoms with Gasteiger partial charge >= 0.3 is 17.8 Å². The summed E-state index contributed by atoms with van der Waals surface area (Å²) in [4.78, 5) is 76.0. The van der Waals surface area contributed by atoms with Crippen LogP contribution in [0.4, 0.5) is 5.69 Å². The molecule has 1 aliphatic rings. The lowest BCUT2D eigenvalue weighted by atomic mass is 10.0. The van der Waals surface area contributed by atoms with Crippen LogP contribution in [-0.4, -0.2) is 85.0 Å². The Morgan fingerprint density at radius 1 is 0.978 bits per heavy atom. The number of rotatable bonds is 12. The Labute approximate surface area is 262 Å². The second-order valence-electron chi connectivity index (χ2n) is 11.4. The summed E-state index contributed by atoms with van der Waals surface area (Å²) in [6.45, 7) is 5.26. The number of hydrogen-bond donors (Lipinski definition) is 3. The van der Waals surface area contributed by atoms with E-state index in [0.717, 1.165) is 17.6 Å². The molecule has 4 amide bonds. The molecule has 13 nitrogen and oxygen atoms in total. The van der Waals surface area contributed by atoms with Gasteiger partial charge in [0, 0.05) is 31.6 Å². The number of hydrogen-bond acceptors (Lipinski definition) is 9. The van der Waals surface area contributed by atoms with E-state index in [1.54, 1.807) is 45.0 Å². The van der Waals surface area contributed by atoms with E-state index < -0.39 is 47.3 Å². The molecule has 0 saturated carbocycles. The van der Waals surface area contributed by atoms with Gasteiger partial charge in [0.25, 0.3) is 0 Å². The Kier molecular flexibility index (Phi) is 12.5. The first-order valence-corrected chi connectivity index (χ1v) is 14.6. The highest BCUT2D eigenvalue weighted by molar-refractivity contribution is 6.32. The first kappa shape index (κ1) is 34.5. The molecule has 1 heterocycles. The topological polar surface area (TPSA) is 169 Å². The van der Waals surface area contributed by atoms with Crippen molar-refractivity contribution < 1.29 is 43.0 Å². The van der Waals surface area contributed by atoms with Gasteiger partial charge in [-0.15, -0.1) is 0 Å². The predicted molar refractivity (Wildman–Crippen MR) is 163 cm³/mol. The number of nitrogens with one attached hydrogen (secondary N) is 3. The van der Waals surface area contributed by atoms with Gasteiger partial charge in [-0.3, -0.25) is 19.2 Å². The number of ether oxygens (including phenoxy) is 3. The van der Waals surface area contributed by atoms with Gasteiger partial charge in [-0.1, -0.05) is 30.3 Å². The smallest absolute Gasteiger partial charge is 0.396 e. The van der Waals surface area contributed by atoms with Gasteiger partial charge in [-0.05, 0) is 63.4 Å². The molecule has 1 saturated heterocycles. The molecule has 3 N–H and O–H groups in total. The number of likely N-dealkylation sites (tertiary alicyclic amines) is 1. The van der Waals surface area contributed by atoms with Crippen LogP contribution >= 0.6 is 0 Å². The Bertz CT molecular complexity index is 1360. The van der Waals surface area contributed by atoms with Gasteiger partial charge in [0.05, 0.1) is 7.11 Å². The first-order chi connectivity index (χ1) is 21.4. The van der Waals surface area contributed by atoms with E-state index in [2.05, 4.69) is 20.7 Å². The quantitative estimate of drug-likeness (QED) is 0.235. The number of esters is 2. The maximum Gasteiger partial charge on any atom is 0.396 e. The van der Waals surface area contributed by atoms with Crippen molar-refractivity contribution in [3.63, 3.8) is 0 Å². The third kappa shape index (κ3) is 11.2. The minimum Gasteiger partial charge on any atom is -0.482 e. The first-order valence-electron chi connectivity index (χ1n) is 14.6. The Balaban J connectivity index is 1.52. The molecule has 2 atom stereocenters. The maximum atomic E-state index is 13.2. The van der Waals surface area contributed by atoms with Gasteiger partial charge in [-0.2, -0.15) is 0 Å². The number of methoxy groups -OCH3 is 1. The van der Waals surface area contributed by atoms with Gasteiger partial charge in [0.15, 0.2) is 6.61 Å². The lowest BCUT2D eigenvalue weighted by molar-refractivity contribution is -0.159. The predicted octanol–water partition coefficient (Wildman–Crippen LogP) is 1.74. The van der Waals surface area contributed by atoms with Crippen molar-refractivity contribution >= 4 is 41.3 Å². The number of carbonyl (C=O) groups is 6. The van der Waals surface area contributed by atoms with E-state index in [-0.39, 0.29) is 38.4 Å². The zero-order valence-corrected chi connectivity index (χ0v) is 25.9. The molecule has 45 heavy (non-hydrogen) atoms. The zero-order chi connectivity index (χ0) is 33.0. The molecule has 0 aliphatic carbocycles. The Hall–Kier alpha value is -4.94. The summed E-state index contributed by atoms with van der Waals surface area (Å²) in [7, 11) is 1.09. The summed E-state index contributed by atoms with van der Waals surface area (Å²) >= 11 is 0. The number of benzene rings is 2. The lowest BCUT2D eigenvalue weighted by Gasteiger charge is -2.25. The van der Waals surface area contributed by atoms with Crippen LogP contribution in [0.15, 0.2) is 54.6 Å². The third-order valence-corrected chi connectivity index (χ3v) is 6.66. The molecule has 1 fully saturated rings. The number of anilines is 1. The highest BCUT2D eigenvalue weighted by Crippen LogP contribution is 2.19. The van der Waals surface area contributed by atoms with E-state index >= 15 is 0 Å². The van der Waals surface area contributed by atoms with Gasteiger partial charge in [-0.25, -0.2) is 9.59 Å². The molecule has 242 valence electrons. The third-order valence-electron chi connectivity index (χ3n) is 6.66. The fraction of sp³-hybridized carbons (Fsp3) is 0.438. The molecule has 0 aromatic heterocycles. The second kappa shape index (κ2) is 16.2. The highest BCUT2D eigenvalue weighted by Gasteiger charge is 2.38. The molecule has 3 rings (SSSR count). The molecule has 1 aliphatic heterocycles. The van der Waals surface area contributed by atoms with Crippen molar-refractivity contribution in [1.29, 1.82) is 0 Å². The number of amides is 4. The van der Waals surface area contributed by atoms with Gasteiger partial charge < -0.3 is 35.1 Å². The second-order valence-corrected chi connectivity index (χ2v) is 11.4. The summed E-state index contributed by atoms with van der Waals surface area (Å²) in [5.74, 6) is -3.46. The summed E-state index contributed by atoms with van der Waals surface area (Å²) in [5.41, 5.74) is 0.673. The van der Waals surface area contributed by atoms with Crippen molar-refractivity contribution in [3.05, 3.63) is 60.2 Å². The van der Waals surface area contributed by atoms with E-state index in [1.165, 1.54) is 0 Å². The fourth-order valence-corrected chi connectivity index (χ4v) is 4.61. The van der Waals surface area contributed by atoms with Crippen LogP contribution in [0.5, 0.6) is 5.75 Å². The molecule has 0 bridgehead atoms. The molecule has 2 aromatic carbocycles. The van der Waals surface area contributed by atoms with Crippen LogP contribution in [0.25, 0.3) is 0 Å². The van der Waals surface area contributed by atoms with Crippen LogP contribution < -0.4 is 20.7 Å². The van der Waals surface area contributed by atoms with Crippen molar-refractivity contribution in [1.82, 2.24) is 15.5 Å². The molecular formula is C32H40N4O9. The fourth-order valence-electron chi connectivity index (χ4n) is 4.61. The highest BCUT2D eigenvalue weighted by atomic mass is 16.6. The van der Waals surface area contributed by atoms with E-state index in [4.69, 9.17) is 9.47 Å². The molecule has 13 heteroatoms. The van der Waals surface area contributed by atoms with E-state index in [9.17, 15) is 28.8 Å². The summed E-state index contributed by atoms with van der Waals surface area (Å²) < 4.78 is 15.1. The standard InChI is InChI=1S/C32H40N4O9/c1-32(2,3)45-27(38)20-44-23-14-12-22(13-15-23)34-26(37)16-17-33-28(39)24(19-21-9-6-5-7-10-21)35-29(40)25-11-8-18-36(25)30(41)31(42)43-4/h5-7,9-10,12-15,24-25H,8,11,16-20H2,1-4H3,(H,33,39)(H,34,37)(H,35,40)/t24-,25+/m1/s1. The van der Waals surface area contributed by atoms with Crippen LogP contribution in [0.3, 0.4) is 0 Å². The molecule has 0 spiro atoms. The van der Waals surface area contributed by atoms with Gasteiger partial charge in [0.2, 0.25) is 17.7 Å². The zero-order valence-electron chi connectivity index (χ0n) is 25.9. The summed E-state index contributed by atoms with van der Waals surface area (Å²) in [5, 5.41) is 8.14. The molecule has 0 radical (unpaired) electrons. The Morgan fingerprint density at radius 3 is 2.31 bits per heavy atom. The molecule has 0 unspecified atom stereocenters. The van der Waals surface area contributed by atoms with Crippen LogP contribution in [0, 0.1) is 0 Å². The van der Waals surface area contributed by atoms with Crippen molar-refractivity contribution in [2.45, 2.75) is 64.1 Å². The Morgan fingerprint density at radius 2 is 1.67 bits per heavy atom. The minimum absolute atomic E-state index is 0.000704. The van der Waals surface area contributed by atoms with Crippen molar-refractivity contribution in [3.8, 4) is 5.75 Å². The number of nitrogens with zero attached hydrogens (tertiary/aromatic N) is 1. The summed E-state index contributed by atoms with van der Waals surface area (Å²) in [6.07, 6.45) is 0.988. The number of carbonyl (C=O) groups excluding carboxylic acids is 6. The molecular weight excluding hydrogens is 584 g/mol.